The van der Waals surface area contributed by atoms with Gasteiger partial charge < -0.3 is 10.2 Å². The number of carbonyl (C=O) groups is 1. The first-order valence-electron chi connectivity index (χ1n) is 6.76. The number of hydrogen-bond donors (Lipinski definition) is 1. The Morgan fingerprint density at radius 3 is 2.69 bits per heavy atom. The number of carbonyl (C=O) groups excluding carboxylic acids is 1. The molecule has 0 aromatic rings. The second-order valence-corrected chi connectivity index (χ2v) is 4.72. The Morgan fingerprint density at radius 1 is 1.38 bits per heavy atom. The molecule has 1 rings (SSSR count). The van der Waals surface area contributed by atoms with E-state index in [2.05, 4.69) is 19.2 Å². The molecule has 1 N–H and O–H groups in total. The van der Waals surface area contributed by atoms with Gasteiger partial charge in [0, 0.05) is 19.5 Å². The van der Waals surface area contributed by atoms with E-state index in [-0.39, 0.29) is 0 Å². The van der Waals surface area contributed by atoms with E-state index in [1.807, 2.05) is 4.90 Å². The van der Waals surface area contributed by atoms with Gasteiger partial charge in [-0.1, -0.05) is 26.7 Å². The number of amides is 1. The molecule has 16 heavy (non-hydrogen) atoms. The van der Waals surface area contributed by atoms with Crippen LogP contribution in [0.25, 0.3) is 0 Å². The van der Waals surface area contributed by atoms with E-state index >= 15 is 0 Å². The molecule has 0 radical (unpaired) electrons. The number of nitrogens with one attached hydrogen (secondary N) is 1. The van der Waals surface area contributed by atoms with Gasteiger partial charge in [0.25, 0.3) is 0 Å². The Bertz CT molecular complexity index is 202. The van der Waals surface area contributed by atoms with Crippen LogP contribution in [0.15, 0.2) is 0 Å². The second kappa shape index (κ2) is 7.66. The Morgan fingerprint density at radius 2 is 2.12 bits per heavy atom. The minimum Gasteiger partial charge on any atom is -0.343 e. The van der Waals surface area contributed by atoms with Gasteiger partial charge >= 0.3 is 0 Å². The third-order valence-corrected chi connectivity index (χ3v) is 3.54. The molecule has 0 saturated carbocycles. The number of hydrogen-bond acceptors (Lipinski definition) is 2. The summed E-state index contributed by atoms with van der Waals surface area (Å²) < 4.78 is 0. The summed E-state index contributed by atoms with van der Waals surface area (Å²) in [5.41, 5.74) is 0. The largest absolute Gasteiger partial charge is 0.343 e. The molecule has 0 aromatic carbocycles. The predicted octanol–water partition coefficient (Wildman–Crippen LogP) is 2.02. The molecule has 1 aliphatic heterocycles. The molecule has 0 unspecified atom stereocenters. The maximum absolute atomic E-state index is 11.3. The maximum atomic E-state index is 11.3. The van der Waals surface area contributed by atoms with Gasteiger partial charge in [-0.2, -0.15) is 0 Å². The molecule has 1 amide bonds. The van der Waals surface area contributed by atoms with E-state index in [9.17, 15) is 4.79 Å². The summed E-state index contributed by atoms with van der Waals surface area (Å²) in [7, 11) is 0. The summed E-state index contributed by atoms with van der Waals surface area (Å²) in [6.45, 7) is 8.58. The quantitative estimate of drug-likeness (QED) is 0.642. The van der Waals surface area contributed by atoms with Crippen molar-refractivity contribution in [2.45, 2.75) is 46.0 Å². The van der Waals surface area contributed by atoms with Crippen LogP contribution in [0, 0.1) is 5.92 Å². The highest BCUT2D eigenvalue weighted by Gasteiger charge is 2.18. The van der Waals surface area contributed by atoms with Gasteiger partial charge in [-0.25, -0.2) is 0 Å². The Hall–Kier alpha value is -0.570. The lowest BCUT2D eigenvalue weighted by molar-refractivity contribution is -0.127. The average molecular weight is 226 g/mol. The zero-order chi connectivity index (χ0) is 11.8. The first-order chi connectivity index (χ1) is 7.77. The molecule has 1 aliphatic rings. The Labute approximate surface area is 99.6 Å². The summed E-state index contributed by atoms with van der Waals surface area (Å²) in [6.07, 6.45) is 5.43. The highest BCUT2D eigenvalue weighted by atomic mass is 16.2. The molecule has 3 nitrogen and oxygen atoms in total. The van der Waals surface area contributed by atoms with Gasteiger partial charge in [-0.05, 0) is 31.8 Å². The Balaban J connectivity index is 1.97. The van der Waals surface area contributed by atoms with Gasteiger partial charge in [0.15, 0.2) is 0 Å². The summed E-state index contributed by atoms with van der Waals surface area (Å²) in [5, 5.41) is 3.49. The van der Waals surface area contributed by atoms with E-state index in [0.29, 0.717) is 5.91 Å². The smallest absolute Gasteiger partial charge is 0.222 e. The number of nitrogens with zero attached hydrogens (tertiary/aromatic N) is 1. The molecule has 3 heteroatoms. The molecule has 0 bridgehead atoms. The minimum atomic E-state index is 0.347. The molecule has 0 spiro atoms. The molecule has 1 saturated heterocycles. The highest BCUT2D eigenvalue weighted by molar-refractivity contribution is 5.77. The van der Waals surface area contributed by atoms with Gasteiger partial charge in [-0.15, -0.1) is 0 Å². The van der Waals surface area contributed by atoms with Crippen molar-refractivity contribution in [3.8, 4) is 0 Å². The number of likely N-dealkylation sites (tertiary alicyclic amines) is 1. The summed E-state index contributed by atoms with van der Waals surface area (Å²) >= 11 is 0. The first-order valence-corrected chi connectivity index (χ1v) is 6.76. The van der Waals surface area contributed by atoms with E-state index in [1.165, 1.54) is 12.8 Å². The highest BCUT2D eigenvalue weighted by Crippen LogP contribution is 2.09. The first kappa shape index (κ1) is 13.5. The fraction of sp³-hybridized carbons (Fsp3) is 0.923. The van der Waals surface area contributed by atoms with E-state index in [1.54, 1.807) is 0 Å². The fourth-order valence-corrected chi connectivity index (χ4v) is 2.22. The van der Waals surface area contributed by atoms with Gasteiger partial charge in [-0.3, -0.25) is 4.79 Å². The van der Waals surface area contributed by atoms with Crippen LogP contribution in [-0.4, -0.2) is 37.0 Å². The minimum absolute atomic E-state index is 0.347. The SMILES string of the molecule is CCC(CC)CNCCCN1CCCC1=O. The van der Waals surface area contributed by atoms with E-state index in [0.717, 1.165) is 51.4 Å². The van der Waals surface area contributed by atoms with Crippen molar-refractivity contribution in [2.75, 3.05) is 26.2 Å². The van der Waals surface area contributed by atoms with Crippen molar-refractivity contribution in [1.29, 1.82) is 0 Å². The van der Waals surface area contributed by atoms with Crippen LogP contribution in [0.3, 0.4) is 0 Å². The molecular formula is C13H26N2O. The summed E-state index contributed by atoms with van der Waals surface area (Å²) in [4.78, 5) is 13.3. The third-order valence-electron chi connectivity index (χ3n) is 3.54. The Kier molecular flexibility index (Phi) is 6.46. The normalized spacial score (nSPS) is 16.4. The second-order valence-electron chi connectivity index (χ2n) is 4.72. The van der Waals surface area contributed by atoms with Crippen LogP contribution in [0.4, 0.5) is 0 Å². The molecule has 0 aliphatic carbocycles. The third kappa shape index (κ3) is 4.52. The fourth-order valence-electron chi connectivity index (χ4n) is 2.22. The van der Waals surface area contributed by atoms with Crippen molar-refractivity contribution in [3.05, 3.63) is 0 Å². The summed E-state index contributed by atoms with van der Waals surface area (Å²) in [6, 6.07) is 0. The molecule has 1 heterocycles. The molecular weight excluding hydrogens is 200 g/mol. The lowest BCUT2D eigenvalue weighted by Crippen LogP contribution is -2.29. The van der Waals surface area contributed by atoms with Crippen molar-refractivity contribution in [3.63, 3.8) is 0 Å². The van der Waals surface area contributed by atoms with E-state index < -0.39 is 0 Å². The van der Waals surface area contributed by atoms with Crippen molar-refractivity contribution >= 4 is 5.91 Å². The molecule has 94 valence electrons. The van der Waals surface area contributed by atoms with Crippen LogP contribution >= 0.6 is 0 Å². The zero-order valence-corrected chi connectivity index (χ0v) is 10.8. The molecule has 0 atom stereocenters. The monoisotopic (exact) mass is 226 g/mol. The maximum Gasteiger partial charge on any atom is 0.222 e. The summed E-state index contributed by atoms with van der Waals surface area (Å²) in [5.74, 6) is 1.16. The molecule has 1 fully saturated rings. The van der Waals surface area contributed by atoms with Crippen LogP contribution in [0.5, 0.6) is 0 Å². The van der Waals surface area contributed by atoms with Crippen molar-refractivity contribution in [1.82, 2.24) is 10.2 Å². The predicted molar refractivity (Wildman–Crippen MR) is 67.4 cm³/mol. The van der Waals surface area contributed by atoms with Crippen LogP contribution < -0.4 is 5.32 Å². The average Bonchev–Trinajstić information content (AvgIpc) is 2.70. The van der Waals surface area contributed by atoms with Gasteiger partial charge in [0.2, 0.25) is 5.91 Å². The van der Waals surface area contributed by atoms with Gasteiger partial charge in [0.05, 0.1) is 0 Å². The van der Waals surface area contributed by atoms with E-state index in [4.69, 9.17) is 0 Å². The van der Waals surface area contributed by atoms with Crippen LogP contribution in [-0.2, 0) is 4.79 Å². The molecule has 0 aromatic heterocycles. The topological polar surface area (TPSA) is 32.3 Å². The van der Waals surface area contributed by atoms with Crippen LogP contribution in [0.1, 0.15) is 46.0 Å². The van der Waals surface area contributed by atoms with Crippen LogP contribution in [0.2, 0.25) is 0 Å². The van der Waals surface area contributed by atoms with Crippen molar-refractivity contribution < 1.29 is 4.79 Å². The van der Waals surface area contributed by atoms with Gasteiger partial charge in [0.1, 0.15) is 0 Å². The lowest BCUT2D eigenvalue weighted by atomic mass is 10.0. The lowest BCUT2D eigenvalue weighted by Gasteiger charge is -2.16. The standard InChI is InChI=1S/C13H26N2O/c1-3-12(4-2)11-14-8-6-10-15-9-5-7-13(15)16/h12,14H,3-11H2,1-2H3. The number of rotatable bonds is 8. The zero-order valence-electron chi connectivity index (χ0n) is 10.8. The van der Waals surface area contributed by atoms with Crippen molar-refractivity contribution in [2.24, 2.45) is 5.92 Å².